The summed E-state index contributed by atoms with van der Waals surface area (Å²) in [5.74, 6) is 0.822. The zero-order valence-corrected chi connectivity index (χ0v) is 9.75. The maximum atomic E-state index is 5.97. The van der Waals surface area contributed by atoms with Crippen LogP contribution >= 0.6 is 15.9 Å². The molecule has 0 saturated heterocycles. The molecule has 2 N–H and O–H groups in total. The first-order valence-electron chi connectivity index (χ1n) is 4.39. The van der Waals surface area contributed by atoms with Crippen molar-refractivity contribution in [2.45, 2.75) is 12.5 Å². The van der Waals surface area contributed by atoms with E-state index >= 15 is 0 Å². The predicted octanol–water partition coefficient (Wildman–Crippen LogP) is 3.03. The lowest BCUT2D eigenvalue weighted by Crippen LogP contribution is -2.09. The Hall–Kier alpha value is -0.800. The fourth-order valence-corrected chi connectivity index (χ4v) is 1.78. The van der Waals surface area contributed by atoms with E-state index in [1.54, 1.807) is 7.11 Å². The van der Waals surface area contributed by atoms with Gasteiger partial charge in [-0.3, -0.25) is 0 Å². The lowest BCUT2D eigenvalue weighted by molar-refractivity contribution is 0.413. The Balaban J connectivity index is 2.98. The van der Waals surface area contributed by atoms with Crippen molar-refractivity contribution < 1.29 is 4.74 Å². The summed E-state index contributed by atoms with van der Waals surface area (Å²) in [7, 11) is 1.64. The number of rotatable bonds is 4. The number of benzene rings is 1. The van der Waals surface area contributed by atoms with Crippen LogP contribution in [0, 0.1) is 0 Å². The molecule has 3 heteroatoms. The maximum absolute atomic E-state index is 5.97. The molecule has 0 saturated carbocycles. The van der Waals surface area contributed by atoms with E-state index in [0.29, 0.717) is 0 Å². The second kappa shape index (κ2) is 5.17. The monoisotopic (exact) mass is 255 g/mol. The van der Waals surface area contributed by atoms with Crippen molar-refractivity contribution in [3.8, 4) is 5.75 Å². The molecule has 0 amide bonds. The highest BCUT2D eigenvalue weighted by molar-refractivity contribution is 9.10. The van der Waals surface area contributed by atoms with Gasteiger partial charge >= 0.3 is 0 Å². The molecule has 0 aromatic heterocycles. The molecule has 1 aromatic rings. The molecule has 1 atom stereocenters. The lowest BCUT2D eigenvalue weighted by Gasteiger charge is -2.13. The van der Waals surface area contributed by atoms with Gasteiger partial charge in [-0.05, 0) is 30.2 Å². The molecule has 0 aliphatic carbocycles. The highest BCUT2D eigenvalue weighted by Gasteiger charge is 2.09. The third-order valence-corrected chi connectivity index (χ3v) is 2.75. The third-order valence-electron chi connectivity index (χ3n) is 2.02. The predicted molar refractivity (Wildman–Crippen MR) is 62.4 cm³/mol. The van der Waals surface area contributed by atoms with Gasteiger partial charge in [0.2, 0.25) is 0 Å². The van der Waals surface area contributed by atoms with Gasteiger partial charge in [0.05, 0.1) is 7.11 Å². The van der Waals surface area contributed by atoms with Gasteiger partial charge in [-0.1, -0.05) is 22.0 Å². The fourth-order valence-electron chi connectivity index (χ4n) is 1.24. The second-order valence-corrected chi connectivity index (χ2v) is 3.87. The summed E-state index contributed by atoms with van der Waals surface area (Å²) >= 11 is 3.46. The molecular formula is C11H14BrNO. The standard InChI is InChI=1S/C11H14BrNO/c1-3-4-11(13)9-7-8(14-2)5-6-10(9)12/h3,5-7,11H,1,4,13H2,2H3/t11-/m0/s1. The van der Waals surface area contributed by atoms with Crippen molar-refractivity contribution in [3.63, 3.8) is 0 Å². The second-order valence-electron chi connectivity index (χ2n) is 3.02. The Bertz CT molecular complexity index is 325. The Labute approximate surface area is 92.9 Å². The number of hydrogen-bond donors (Lipinski definition) is 1. The molecule has 0 unspecified atom stereocenters. The van der Waals surface area contributed by atoms with Gasteiger partial charge < -0.3 is 10.5 Å². The van der Waals surface area contributed by atoms with Crippen LogP contribution in [0.15, 0.2) is 35.3 Å². The largest absolute Gasteiger partial charge is 0.497 e. The van der Waals surface area contributed by atoms with E-state index in [4.69, 9.17) is 10.5 Å². The van der Waals surface area contributed by atoms with Crippen LogP contribution in [-0.2, 0) is 0 Å². The number of methoxy groups -OCH3 is 1. The van der Waals surface area contributed by atoms with Crippen LogP contribution < -0.4 is 10.5 Å². The molecule has 0 bridgehead atoms. The third kappa shape index (κ3) is 2.59. The number of nitrogens with two attached hydrogens (primary N) is 1. The SMILES string of the molecule is C=CC[C@H](N)c1cc(OC)ccc1Br. The normalized spacial score (nSPS) is 12.2. The van der Waals surface area contributed by atoms with Gasteiger partial charge in [-0.25, -0.2) is 0 Å². The van der Waals surface area contributed by atoms with E-state index < -0.39 is 0 Å². The fraction of sp³-hybridized carbons (Fsp3) is 0.273. The minimum Gasteiger partial charge on any atom is -0.497 e. The average Bonchev–Trinajstić information content (AvgIpc) is 2.19. The van der Waals surface area contributed by atoms with E-state index in [2.05, 4.69) is 22.5 Å². The smallest absolute Gasteiger partial charge is 0.119 e. The maximum Gasteiger partial charge on any atom is 0.119 e. The summed E-state index contributed by atoms with van der Waals surface area (Å²) in [5.41, 5.74) is 7.02. The molecule has 76 valence electrons. The topological polar surface area (TPSA) is 35.2 Å². The molecule has 0 aliphatic rings. The summed E-state index contributed by atoms with van der Waals surface area (Å²) in [4.78, 5) is 0. The van der Waals surface area contributed by atoms with E-state index in [-0.39, 0.29) is 6.04 Å². The van der Waals surface area contributed by atoms with Crippen molar-refractivity contribution in [1.82, 2.24) is 0 Å². The first-order chi connectivity index (χ1) is 6.69. The first-order valence-corrected chi connectivity index (χ1v) is 5.18. The molecular weight excluding hydrogens is 242 g/mol. The van der Waals surface area contributed by atoms with E-state index in [9.17, 15) is 0 Å². The van der Waals surface area contributed by atoms with E-state index in [1.807, 2.05) is 24.3 Å². The summed E-state index contributed by atoms with van der Waals surface area (Å²) in [6.45, 7) is 3.67. The number of hydrogen-bond acceptors (Lipinski definition) is 2. The van der Waals surface area contributed by atoms with Gasteiger partial charge in [-0.15, -0.1) is 6.58 Å². The van der Waals surface area contributed by atoms with Crippen LogP contribution in [0.2, 0.25) is 0 Å². The summed E-state index contributed by atoms with van der Waals surface area (Å²) in [6, 6.07) is 5.75. The van der Waals surface area contributed by atoms with Crippen LogP contribution in [0.4, 0.5) is 0 Å². The zero-order chi connectivity index (χ0) is 10.6. The molecule has 0 radical (unpaired) electrons. The summed E-state index contributed by atoms with van der Waals surface area (Å²) in [6.07, 6.45) is 2.57. The highest BCUT2D eigenvalue weighted by atomic mass is 79.9. The van der Waals surface area contributed by atoms with E-state index in [0.717, 1.165) is 22.2 Å². The van der Waals surface area contributed by atoms with Gasteiger partial charge in [0.25, 0.3) is 0 Å². The molecule has 0 fully saturated rings. The summed E-state index contributed by atoms with van der Waals surface area (Å²) in [5, 5.41) is 0. The molecule has 0 heterocycles. The Morgan fingerprint density at radius 2 is 2.36 bits per heavy atom. The molecule has 2 nitrogen and oxygen atoms in total. The van der Waals surface area contributed by atoms with Crippen molar-refractivity contribution in [2.75, 3.05) is 7.11 Å². The van der Waals surface area contributed by atoms with Gasteiger partial charge in [0.1, 0.15) is 5.75 Å². The Morgan fingerprint density at radius 3 is 2.93 bits per heavy atom. The number of halogens is 1. The van der Waals surface area contributed by atoms with Gasteiger partial charge in [-0.2, -0.15) is 0 Å². The molecule has 1 rings (SSSR count). The molecule has 0 aliphatic heterocycles. The quantitative estimate of drug-likeness (QED) is 0.840. The van der Waals surface area contributed by atoms with E-state index in [1.165, 1.54) is 0 Å². The van der Waals surface area contributed by atoms with Crippen molar-refractivity contribution >= 4 is 15.9 Å². The minimum absolute atomic E-state index is 0.0306. The molecule has 0 spiro atoms. The van der Waals surface area contributed by atoms with Crippen molar-refractivity contribution in [2.24, 2.45) is 5.73 Å². The highest BCUT2D eigenvalue weighted by Crippen LogP contribution is 2.28. The van der Waals surface area contributed by atoms with Gasteiger partial charge in [0, 0.05) is 10.5 Å². The molecule has 14 heavy (non-hydrogen) atoms. The Morgan fingerprint density at radius 1 is 1.64 bits per heavy atom. The van der Waals surface area contributed by atoms with Crippen molar-refractivity contribution in [1.29, 1.82) is 0 Å². The van der Waals surface area contributed by atoms with Crippen LogP contribution in [0.1, 0.15) is 18.0 Å². The van der Waals surface area contributed by atoms with Crippen LogP contribution in [0.3, 0.4) is 0 Å². The minimum atomic E-state index is -0.0306. The average molecular weight is 256 g/mol. The van der Waals surface area contributed by atoms with Crippen LogP contribution in [0.5, 0.6) is 5.75 Å². The summed E-state index contributed by atoms with van der Waals surface area (Å²) < 4.78 is 6.14. The lowest BCUT2D eigenvalue weighted by atomic mass is 10.0. The number of ether oxygens (including phenoxy) is 1. The Kier molecular flexibility index (Phi) is 4.17. The molecule has 1 aromatic carbocycles. The van der Waals surface area contributed by atoms with Crippen molar-refractivity contribution in [3.05, 3.63) is 40.9 Å². The van der Waals surface area contributed by atoms with Crippen LogP contribution in [-0.4, -0.2) is 7.11 Å². The van der Waals surface area contributed by atoms with Gasteiger partial charge in [0.15, 0.2) is 0 Å². The van der Waals surface area contributed by atoms with Crippen LogP contribution in [0.25, 0.3) is 0 Å². The zero-order valence-electron chi connectivity index (χ0n) is 8.16. The first kappa shape index (κ1) is 11.3.